The van der Waals surface area contributed by atoms with Crippen LogP contribution in [0.5, 0.6) is 5.75 Å². The average molecular weight is 264 g/mol. The molecule has 17 heavy (non-hydrogen) atoms. The molecular weight excluding hydrogens is 245 g/mol. The molecule has 0 heterocycles. The summed E-state index contributed by atoms with van der Waals surface area (Å²) in [5.74, 6) is -0.343. The minimum atomic E-state index is -0.730. The lowest BCUT2D eigenvalue weighted by Gasteiger charge is -2.19. The van der Waals surface area contributed by atoms with Crippen LogP contribution in [0.3, 0.4) is 0 Å². The summed E-state index contributed by atoms with van der Waals surface area (Å²) in [5, 5.41) is 9.73. The molecule has 0 bridgehead atoms. The number of aliphatic hydroxyl groups is 1. The molecule has 0 aromatic heterocycles. The van der Waals surface area contributed by atoms with Crippen molar-refractivity contribution in [2.24, 2.45) is 5.73 Å². The topological polar surface area (TPSA) is 55.5 Å². The van der Waals surface area contributed by atoms with Gasteiger partial charge in [-0.15, -0.1) is 12.4 Å². The smallest absolute Gasteiger partial charge is 0.169 e. The lowest BCUT2D eigenvalue weighted by atomic mass is 9.98. The van der Waals surface area contributed by atoms with E-state index in [1.165, 1.54) is 13.2 Å². The van der Waals surface area contributed by atoms with Crippen molar-refractivity contribution in [1.82, 2.24) is 0 Å². The van der Waals surface area contributed by atoms with Crippen LogP contribution in [0.15, 0.2) is 18.2 Å². The summed E-state index contributed by atoms with van der Waals surface area (Å²) in [6.07, 6.45) is 0.629. The maximum absolute atomic E-state index is 13.8. The van der Waals surface area contributed by atoms with Gasteiger partial charge in [0.1, 0.15) is 0 Å². The largest absolute Gasteiger partial charge is 0.494 e. The van der Waals surface area contributed by atoms with Crippen LogP contribution in [0.25, 0.3) is 0 Å². The first-order valence-corrected chi connectivity index (χ1v) is 5.37. The fraction of sp³-hybridized carbons (Fsp3) is 0.500. The van der Waals surface area contributed by atoms with E-state index in [1.54, 1.807) is 12.1 Å². The van der Waals surface area contributed by atoms with Gasteiger partial charge in [-0.05, 0) is 12.5 Å². The molecule has 0 saturated heterocycles. The number of hydrogen-bond acceptors (Lipinski definition) is 3. The van der Waals surface area contributed by atoms with Crippen molar-refractivity contribution in [3.8, 4) is 5.75 Å². The van der Waals surface area contributed by atoms with E-state index in [1.807, 2.05) is 6.92 Å². The third-order valence-corrected chi connectivity index (χ3v) is 2.57. The molecule has 3 nitrogen and oxygen atoms in total. The molecule has 1 aromatic rings. The molecule has 0 amide bonds. The van der Waals surface area contributed by atoms with Crippen LogP contribution >= 0.6 is 12.4 Å². The van der Waals surface area contributed by atoms with E-state index in [9.17, 15) is 9.50 Å². The maximum Gasteiger partial charge on any atom is 0.169 e. The molecule has 1 aromatic carbocycles. The van der Waals surface area contributed by atoms with Crippen molar-refractivity contribution in [2.45, 2.75) is 31.9 Å². The Kier molecular flexibility index (Phi) is 7.11. The highest BCUT2D eigenvalue weighted by Gasteiger charge is 2.21. The number of benzene rings is 1. The van der Waals surface area contributed by atoms with E-state index in [2.05, 4.69) is 0 Å². The lowest BCUT2D eigenvalue weighted by molar-refractivity contribution is 0.132. The van der Waals surface area contributed by atoms with Crippen LogP contribution in [0.2, 0.25) is 0 Å². The van der Waals surface area contributed by atoms with E-state index in [0.29, 0.717) is 12.0 Å². The van der Waals surface area contributed by atoms with E-state index < -0.39 is 18.0 Å². The van der Waals surface area contributed by atoms with Crippen molar-refractivity contribution < 1.29 is 14.2 Å². The van der Waals surface area contributed by atoms with Gasteiger partial charge in [-0.3, -0.25) is 0 Å². The van der Waals surface area contributed by atoms with Gasteiger partial charge in [0, 0.05) is 5.56 Å². The number of nitrogens with two attached hydrogens (primary N) is 1. The molecule has 0 spiro atoms. The second-order valence-corrected chi connectivity index (χ2v) is 3.75. The number of aliphatic hydroxyl groups excluding tert-OH is 1. The first-order valence-electron chi connectivity index (χ1n) is 5.37. The molecule has 1 rings (SSSR count). The normalized spacial score (nSPS) is 13.7. The highest BCUT2D eigenvalue weighted by atomic mass is 35.5. The molecule has 0 saturated carbocycles. The number of methoxy groups -OCH3 is 1. The van der Waals surface area contributed by atoms with E-state index >= 15 is 0 Å². The predicted octanol–water partition coefficient (Wildman–Crippen LogP) is 2.42. The summed E-state index contributed by atoms with van der Waals surface area (Å²) in [6, 6.07) is 4.05. The van der Waals surface area contributed by atoms with Crippen LogP contribution in [-0.2, 0) is 0 Å². The van der Waals surface area contributed by atoms with Gasteiger partial charge in [0.2, 0.25) is 0 Å². The summed E-state index contributed by atoms with van der Waals surface area (Å²) in [6.45, 7) is 1.94. The zero-order chi connectivity index (χ0) is 12.1. The first kappa shape index (κ1) is 16.2. The molecule has 2 atom stereocenters. The second kappa shape index (κ2) is 7.48. The number of rotatable bonds is 5. The zero-order valence-electron chi connectivity index (χ0n) is 10.0. The highest BCUT2D eigenvalue weighted by Crippen LogP contribution is 2.26. The Morgan fingerprint density at radius 3 is 2.65 bits per heavy atom. The molecule has 0 fully saturated rings. The summed E-state index contributed by atoms with van der Waals surface area (Å²) >= 11 is 0. The van der Waals surface area contributed by atoms with Crippen molar-refractivity contribution in [1.29, 1.82) is 0 Å². The summed E-state index contributed by atoms with van der Waals surface area (Å²) in [5.41, 5.74) is 6.10. The van der Waals surface area contributed by atoms with Gasteiger partial charge in [-0.25, -0.2) is 4.39 Å². The van der Waals surface area contributed by atoms with Gasteiger partial charge >= 0.3 is 0 Å². The molecule has 0 aliphatic heterocycles. The van der Waals surface area contributed by atoms with Crippen molar-refractivity contribution in [3.63, 3.8) is 0 Å². The quantitative estimate of drug-likeness (QED) is 0.858. The van der Waals surface area contributed by atoms with Crippen molar-refractivity contribution in [3.05, 3.63) is 29.6 Å². The average Bonchev–Trinajstić information content (AvgIpc) is 2.29. The van der Waals surface area contributed by atoms with Crippen LogP contribution in [-0.4, -0.2) is 18.3 Å². The Bertz CT molecular complexity index is 349. The Balaban J connectivity index is 0.00000256. The predicted molar refractivity (Wildman–Crippen MR) is 68.0 cm³/mol. The lowest BCUT2D eigenvalue weighted by Crippen LogP contribution is -2.27. The van der Waals surface area contributed by atoms with Crippen LogP contribution in [0.1, 0.15) is 31.4 Å². The third kappa shape index (κ3) is 3.84. The standard InChI is InChI=1S/C12H18FNO2.ClH/c1-3-5-9(15)12(14)8-6-4-7-10(16-2)11(8)13;/h4,6-7,9,12,15H,3,5,14H2,1-2H3;1H/t9-,12+;/m1./s1. The molecule has 0 aliphatic rings. The van der Waals surface area contributed by atoms with Crippen LogP contribution in [0.4, 0.5) is 4.39 Å². The fourth-order valence-corrected chi connectivity index (χ4v) is 1.63. The van der Waals surface area contributed by atoms with Gasteiger partial charge in [-0.1, -0.05) is 25.5 Å². The molecule has 98 valence electrons. The van der Waals surface area contributed by atoms with Crippen molar-refractivity contribution in [2.75, 3.05) is 7.11 Å². The van der Waals surface area contributed by atoms with E-state index in [-0.39, 0.29) is 18.2 Å². The highest BCUT2D eigenvalue weighted by molar-refractivity contribution is 5.85. The molecule has 3 N–H and O–H groups in total. The molecule has 0 aliphatic carbocycles. The minimum absolute atomic E-state index is 0. The Morgan fingerprint density at radius 1 is 1.47 bits per heavy atom. The second-order valence-electron chi connectivity index (χ2n) is 3.75. The fourth-order valence-electron chi connectivity index (χ4n) is 1.63. The van der Waals surface area contributed by atoms with Gasteiger partial charge in [0.25, 0.3) is 0 Å². The van der Waals surface area contributed by atoms with E-state index in [0.717, 1.165) is 6.42 Å². The Labute approximate surface area is 107 Å². The molecular formula is C12H19ClFNO2. The monoisotopic (exact) mass is 263 g/mol. The summed E-state index contributed by atoms with van der Waals surface area (Å²) < 4.78 is 18.7. The van der Waals surface area contributed by atoms with Crippen molar-refractivity contribution >= 4 is 12.4 Å². The minimum Gasteiger partial charge on any atom is -0.494 e. The molecule has 0 unspecified atom stereocenters. The van der Waals surface area contributed by atoms with Gasteiger partial charge in [0.15, 0.2) is 11.6 Å². The summed E-state index contributed by atoms with van der Waals surface area (Å²) in [4.78, 5) is 0. The van der Waals surface area contributed by atoms with E-state index in [4.69, 9.17) is 10.5 Å². The number of hydrogen-bond donors (Lipinski definition) is 2. The third-order valence-electron chi connectivity index (χ3n) is 2.57. The summed E-state index contributed by atoms with van der Waals surface area (Å²) in [7, 11) is 1.40. The Hall–Kier alpha value is -0.840. The molecule has 0 radical (unpaired) electrons. The number of halogens is 2. The molecule has 5 heteroatoms. The van der Waals surface area contributed by atoms with Gasteiger partial charge in [0.05, 0.1) is 19.3 Å². The van der Waals surface area contributed by atoms with Crippen LogP contribution < -0.4 is 10.5 Å². The van der Waals surface area contributed by atoms with Gasteiger partial charge < -0.3 is 15.6 Å². The van der Waals surface area contributed by atoms with Crippen LogP contribution in [0, 0.1) is 5.82 Å². The maximum atomic E-state index is 13.8. The number of ether oxygens (including phenoxy) is 1. The Morgan fingerprint density at radius 2 is 2.12 bits per heavy atom. The zero-order valence-corrected chi connectivity index (χ0v) is 10.8. The SMILES string of the molecule is CCC[C@@H](O)[C@@H](N)c1cccc(OC)c1F.Cl. The van der Waals surface area contributed by atoms with Gasteiger partial charge in [-0.2, -0.15) is 0 Å². The first-order chi connectivity index (χ1) is 7.61.